The monoisotopic (exact) mass is 337 g/mol. The van der Waals surface area contributed by atoms with E-state index in [1.54, 1.807) is 4.90 Å². The van der Waals surface area contributed by atoms with Crippen molar-refractivity contribution in [2.24, 2.45) is 5.92 Å². The van der Waals surface area contributed by atoms with E-state index in [2.05, 4.69) is 10.2 Å². The number of likely N-dealkylation sites (tertiary alicyclic amines) is 2. The van der Waals surface area contributed by atoms with Gasteiger partial charge in [0.1, 0.15) is 11.6 Å². The van der Waals surface area contributed by atoms with Crippen LogP contribution in [0.5, 0.6) is 0 Å². The number of amides is 2. The molecule has 3 aliphatic rings. The Morgan fingerprint density at radius 2 is 1.88 bits per heavy atom. The third-order valence-corrected chi connectivity index (χ3v) is 5.13. The summed E-state index contributed by atoms with van der Waals surface area (Å²) in [7, 11) is 0. The minimum absolute atomic E-state index is 0.0248. The molecule has 2 atom stereocenters. The number of nitrogens with zero attached hydrogens (tertiary/aromatic N) is 2. The molecule has 3 rings (SSSR count). The molecule has 6 nitrogen and oxygen atoms in total. The maximum Gasteiger partial charge on any atom is 0.410 e. The summed E-state index contributed by atoms with van der Waals surface area (Å²) in [6.45, 7) is 9.14. The smallest absolute Gasteiger partial charge is 0.410 e. The number of carbonyl (C=O) groups is 2. The molecule has 0 aromatic carbocycles. The van der Waals surface area contributed by atoms with Crippen molar-refractivity contribution in [3.8, 4) is 0 Å². The van der Waals surface area contributed by atoms with Crippen molar-refractivity contribution in [2.75, 3.05) is 26.2 Å². The first-order chi connectivity index (χ1) is 11.3. The van der Waals surface area contributed by atoms with Gasteiger partial charge in [-0.15, -0.1) is 0 Å². The fraction of sp³-hybridized carbons (Fsp3) is 0.889. The van der Waals surface area contributed by atoms with Gasteiger partial charge in [0.15, 0.2) is 0 Å². The van der Waals surface area contributed by atoms with E-state index in [9.17, 15) is 9.59 Å². The molecule has 1 N–H and O–H groups in total. The van der Waals surface area contributed by atoms with Crippen molar-refractivity contribution in [1.82, 2.24) is 15.1 Å². The zero-order valence-corrected chi connectivity index (χ0v) is 15.2. The van der Waals surface area contributed by atoms with Gasteiger partial charge in [0.25, 0.3) is 0 Å². The Kier molecular flexibility index (Phi) is 5.04. The number of hydrogen-bond acceptors (Lipinski definition) is 4. The van der Waals surface area contributed by atoms with Gasteiger partial charge in [0.05, 0.1) is 0 Å². The van der Waals surface area contributed by atoms with Gasteiger partial charge in [-0.05, 0) is 65.3 Å². The van der Waals surface area contributed by atoms with E-state index >= 15 is 0 Å². The second-order valence-electron chi connectivity index (χ2n) is 8.46. The van der Waals surface area contributed by atoms with Crippen molar-refractivity contribution >= 4 is 12.0 Å². The molecule has 24 heavy (non-hydrogen) atoms. The Morgan fingerprint density at radius 3 is 2.54 bits per heavy atom. The van der Waals surface area contributed by atoms with E-state index in [-0.39, 0.29) is 18.0 Å². The van der Waals surface area contributed by atoms with E-state index in [0.717, 1.165) is 38.4 Å². The van der Waals surface area contributed by atoms with Crippen LogP contribution in [0, 0.1) is 5.92 Å². The SMILES string of the molecule is CC(C)(C)OC(=O)N1CCC[C@H]1C(=O)NCC1CCN(C2CC2)C1. The molecule has 0 radical (unpaired) electrons. The van der Waals surface area contributed by atoms with Crippen molar-refractivity contribution in [3.63, 3.8) is 0 Å². The lowest BCUT2D eigenvalue weighted by atomic mass is 10.1. The minimum Gasteiger partial charge on any atom is -0.444 e. The molecule has 0 bridgehead atoms. The Labute approximate surface area is 144 Å². The van der Waals surface area contributed by atoms with Crippen molar-refractivity contribution in [1.29, 1.82) is 0 Å². The van der Waals surface area contributed by atoms with Crippen LogP contribution < -0.4 is 5.32 Å². The molecule has 6 heteroatoms. The van der Waals surface area contributed by atoms with Crippen LogP contribution >= 0.6 is 0 Å². The van der Waals surface area contributed by atoms with Crippen LogP contribution in [0.3, 0.4) is 0 Å². The lowest BCUT2D eigenvalue weighted by Crippen LogP contribution is -2.48. The lowest BCUT2D eigenvalue weighted by molar-refractivity contribution is -0.125. The van der Waals surface area contributed by atoms with E-state index in [4.69, 9.17) is 4.74 Å². The molecule has 1 unspecified atom stereocenters. The molecule has 1 saturated carbocycles. The number of carbonyl (C=O) groups excluding carboxylic acids is 2. The van der Waals surface area contributed by atoms with Crippen LogP contribution in [0.25, 0.3) is 0 Å². The van der Waals surface area contributed by atoms with Gasteiger partial charge in [-0.3, -0.25) is 9.69 Å². The fourth-order valence-corrected chi connectivity index (χ4v) is 3.74. The molecule has 2 heterocycles. The largest absolute Gasteiger partial charge is 0.444 e. The van der Waals surface area contributed by atoms with Gasteiger partial charge >= 0.3 is 6.09 Å². The van der Waals surface area contributed by atoms with Crippen molar-refractivity contribution < 1.29 is 14.3 Å². The van der Waals surface area contributed by atoms with Gasteiger partial charge in [0, 0.05) is 25.7 Å². The average molecular weight is 337 g/mol. The first-order valence-corrected chi connectivity index (χ1v) is 9.35. The lowest BCUT2D eigenvalue weighted by Gasteiger charge is -2.28. The summed E-state index contributed by atoms with van der Waals surface area (Å²) in [6, 6.07) is 0.434. The molecule has 2 aliphatic heterocycles. The van der Waals surface area contributed by atoms with Crippen LogP contribution in [-0.4, -0.2) is 65.7 Å². The van der Waals surface area contributed by atoms with Gasteiger partial charge in [-0.1, -0.05) is 0 Å². The zero-order chi connectivity index (χ0) is 17.3. The molecule has 1 aliphatic carbocycles. The summed E-state index contributed by atoms with van der Waals surface area (Å²) in [5.41, 5.74) is -0.531. The predicted octanol–water partition coefficient (Wildman–Crippen LogP) is 1.99. The van der Waals surface area contributed by atoms with Crippen LogP contribution in [0.15, 0.2) is 0 Å². The summed E-state index contributed by atoms with van der Waals surface area (Å²) in [6.07, 6.45) is 5.05. The highest BCUT2D eigenvalue weighted by Crippen LogP contribution is 2.31. The molecule has 3 fully saturated rings. The summed E-state index contributed by atoms with van der Waals surface area (Å²) >= 11 is 0. The molecule has 0 spiro atoms. The van der Waals surface area contributed by atoms with Crippen molar-refractivity contribution in [3.05, 3.63) is 0 Å². The van der Waals surface area contributed by atoms with E-state index in [1.165, 1.54) is 19.4 Å². The topological polar surface area (TPSA) is 61.9 Å². The maximum absolute atomic E-state index is 12.5. The predicted molar refractivity (Wildman–Crippen MR) is 91.7 cm³/mol. The minimum atomic E-state index is -0.531. The van der Waals surface area contributed by atoms with Gasteiger partial charge < -0.3 is 15.0 Å². The Bertz CT molecular complexity index is 484. The number of rotatable bonds is 4. The van der Waals surface area contributed by atoms with Crippen molar-refractivity contribution in [2.45, 2.75) is 70.6 Å². The summed E-state index contributed by atoms with van der Waals surface area (Å²) in [4.78, 5) is 29.0. The van der Waals surface area contributed by atoms with E-state index < -0.39 is 5.60 Å². The summed E-state index contributed by atoms with van der Waals surface area (Å²) < 4.78 is 5.43. The average Bonchev–Trinajstić information content (AvgIpc) is 3.04. The van der Waals surface area contributed by atoms with E-state index in [1.807, 2.05) is 20.8 Å². The van der Waals surface area contributed by atoms with Crippen LogP contribution in [0.1, 0.15) is 52.9 Å². The highest BCUT2D eigenvalue weighted by molar-refractivity contribution is 5.86. The molecule has 0 aromatic rings. The summed E-state index contributed by atoms with van der Waals surface area (Å²) in [5.74, 6) is 0.522. The summed E-state index contributed by atoms with van der Waals surface area (Å²) in [5, 5.41) is 3.08. The standard InChI is InChI=1S/C18H31N3O3/c1-18(2,3)24-17(23)21-9-4-5-15(21)16(22)19-11-13-8-10-20(12-13)14-6-7-14/h13-15H,4-12H2,1-3H3,(H,19,22)/t13?,15-/m0/s1. The van der Waals surface area contributed by atoms with Crippen LogP contribution in [0.2, 0.25) is 0 Å². The van der Waals surface area contributed by atoms with Crippen LogP contribution in [0.4, 0.5) is 4.79 Å². The highest BCUT2D eigenvalue weighted by Gasteiger charge is 2.38. The van der Waals surface area contributed by atoms with Gasteiger partial charge in [0.2, 0.25) is 5.91 Å². The van der Waals surface area contributed by atoms with Gasteiger partial charge in [-0.25, -0.2) is 4.79 Å². The molecule has 2 amide bonds. The molecule has 136 valence electrons. The maximum atomic E-state index is 12.5. The molecule has 0 aromatic heterocycles. The van der Waals surface area contributed by atoms with E-state index in [0.29, 0.717) is 12.5 Å². The third kappa shape index (κ3) is 4.41. The molecule has 2 saturated heterocycles. The zero-order valence-electron chi connectivity index (χ0n) is 15.2. The first kappa shape index (κ1) is 17.5. The fourth-order valence-electron chi connectivity index (χ4n) is 3.74. The third-order valence-electron chi connectivity index (χ3n) is 5.13. The highest BCUT2D eigenvalue weighted by atomic mass is 16.6. The second kappa shape index (κ2) is 6.90. The van der Waals surface area contributed by atoms with Crippen LogP contribution in [-0.2, 0) is 9.53 Å². The van der Waals surface area contributed by atoms with Gasteiger partial charge in [-0.2, -0.15) is 0 Å². The Hall–Kier alpha value is -1.30. The quantitative estimate of drug-likeness (QED) is 0.852. The first-order valence-electron chi connectivity index (χ1n) is 9.35. The molecular weight excluding hydrogens is 306 g/mol. The number of hydrogen-bond donors (Lipinski definition) is 1. The normalized spacial score (nSPS) is 28.2. The number of ether oxygens (including phenoxy) is 1. The number of nitrogens with one attached hydrogen (secondary N) is 1. The molecular formula is C18H31N3O3. The second-order valence-corrected chi connectivity index (χ2v) is 8.46. The Balaban J connectivity index is 1.46. The Morgan fingerprint density at radius 1 is 1.12 bits per heavy atom.